The second-order valence-electron chi connectivity index (χ2n) is 4.71. The first-order chi connectivity index (χ1) is 11.1. The van der Waals surface area contributed by atoms with Gasteiger partial charge in [-0.25, -0.2) is 0 Å². The first-order valence-corrected chi connectivity index (χ1v) is 6.97. The summed E-state index contributed by atoms with van der Waals surface area (Å²) in [5.74, 6) is -0.271. The second kappa shape index (κ2) is 7.86. The summed E-state index contributed by atoms with van der Waals surface area (Å²) < 4.78 is 0. The highest BCUT2D eigenvalue weighted by Crippen LogP contribution is 2.20. The summed E-state index contributed by atoms with van der Waals surface area (Å²) in [4.78, 5) is 28.1. The highest BCUT2D eigenvalue weighted by atomic mass is 16.7. The van der Waals surface area contributed by atoms with Crippen molar-refractivity contribution in [3.05, 3.63) is 82.9 Å². The third kappa shape index (κ3) is 4.49. The number of nitro groups is 1. The highest BCUT2D eigenvalue weighted by Gasteiger charge is 2.18. The summed E-state index contributed by atoms with van der Waals surface area (Å²) >= 11 is 0. The van der Waals surface area contributed by atoms with Crippen molar-refractivity contribution in [2.75, 3.05) is 11.7 Å². The largest absolute Gasteiger partial charge is 0.272 e. The number of carbonyl (C=O) groups is 1. The molecule has 0 atom stereocenters. The number of hydrogen-bond acceptors (Lipinski definition) is 4. The molecule has 118 valence electrons. The molecule has 0 N–H and O–H groups in total. The summed E-state index contributed by atoms with van der Waals surface area (Å²) in [5.41, 5.74) is 1.23. The van der Waals surface area contributed by atoms with E-state index in [0.29, 0.717) is 5.69 Å². The maximum atomic E-state index is 12.5. The molecule has 0 aromatic heterocycles. The fourth-order valence-electron chi connectivity index (χ4n) is 1.97. The molecule has 2 rings (SSSR count). The third-order valence-electron chi connectivity index (χ3n) is 3.04. The van der Waals surface area contributed by atoms with Gasteiger partial charge in [-0.3, -0.25) is 19.7 Å². The number of rotatable bonds is 7. The molecule has 0 spiro atoms. The monoisotopic (exact) mass is 312 g/mol. The number of amides is 1. The van der Waals surface area contributed by atoms with Crippen LogP contribution in [0.15, 0.2) is 67.3 Å². The number of hydroxylamine groups is 1. The molecule has 2 aromatic carbocycles. The van der Waals surface area contributed by atoms with E-state index in [0.717, 1.165) is 10.6 Å². The summed E-state index contributed by atoms with van der Waals surface area (Å²) in [6.07, 6.45) is 1.68. The molecule has 6 nitrogen and oxygen atoms in total. The van der Waals surface area contributed by atoms with Crippen LogP contribution in [0.3, 0.4) is 0 Å². The molecule has 0 saturated heterocycles. The Balaban J connectivity index is 2.19. The van der Waals surface area contributed by atoms with E-state index >= 15 is 0 Å². The number of non-ortho nitro benzene ring substituents is 1. The first kappa shape index (κ1) is 16.4. The Hall–Kier alpha value is -2.99. The number of hydrogen-bond donors (Lipinski definition) is 0. The molecule has 0 unspecified atom stereocenters. The molecule has 0 heterocycles. The molecule has 0 radical (unpaired) electrons. The predicted molar refractivity (Wildman–Crippen MR) is 86.9 cm³/mol. The van der Waals surface area contributed by atoms with Gasteiger partial charge in [0, 0.05) is 12.1 Å². The number of benzene rings is 2. The van der Waals surface area contributed by atoms with Crippen molar-refractivity contribution < 1.29 is 14.6 Å². The Labute approximate surface area is 133 Å². The number of carbonyl (C=O) groups excluding carboxylic acids is 1. The number of nitrogens with zero attached hydrogens (tertiary/aromatic N) is 2. The van der Waals surface area contributed by atoms with Gasteiger partial charge in [-0.15, -0.1) is 6.58 Å². The Morgan fingerprint density at radius 3 is 2.39 bits per heavy atom. The van der Waals surface area contributed by atoms with Crippen LogP contribution in [0.25, 0.3) is 0 Å². The molecule has 2 aromatic rings. The summed E-state index contributed by atoms with van der Waals surface area (Å²) in [6, 6.07) is 14.9. The lowest BCUT2D eigenvalue weighted by Gasteiger charge is -2.21. The maximum Gasteiger partial charge on any atom is 0.269 e. The van der Waals surface area contributed by atoms with Crippen molar-refractivity contribution in [3.63, 3.8) is 0 Å². The van der Waals surface area contributed by atoms with Crippen molar-refractivity contribution >= 4 is 17.3 Å². The summed E-state index contributed by atoms with van der Waals surface area (Å²) in [5, 5.41) is 11.8. The molecule has 6 heteroatoms. The average molecular weight is 312 g/mol. The van der Waals surface area contributed by atoms with Crippen LogP contribution in [-0.2, 0) is 16.1 Å². The molecule has 0 bridgehead atoms. The van der Waals surface area contributed by atoms with Gasteiger partial charge >= 0.3 is 0 Å². The lowest BCUT2D eigenvalue weighted by molar-refractivity contribution is -0.384. The van der Waals surface area contributed by atoms with E-state index in [2.05, 4.69) is 6.58 Å². The smallest absolute Gasteiger partial charge is 0.269 e. The van der Waals surface area contributed by atoms with Gasteiger partial charge in [0.25, 0.3) is 11.6 Å². The van der Waals surface area contributed by atoms with Crippen LogP contribution in [0.4, 0.5) is 11.4 Å². The van der Waals surface area contributed by atoms with Gasteiger partial charge in [0.1, 0.15) is 0 Å². The van der Waals surface area contributed by atoms with Gasteiger partial charge in [-0.2, -0.15) is 5.06 Å². The van der Waals surface area contributed by atoms with Crippen LogP contribution >= 0.6 is 0 Å². The predicted octanol–water partition coefficient (Wildman–Crippen LogP) is 3.29. The van der Waals surface area contributed by atoms with Crippen molar-refractivity contribution in [1.82, 2.24) is 0 Å². The quantitative estimate of drug-likeness (QED) is 0.447. The van der Waals surface area contributed by atoms with Gasteiger partial charge in [-0.05, 0) is 17.7 Å². The molecular weight excluding hydrogens is 296 g/mol. The minimum Gasteiger partial charge on any atom is -0.272 e. The topological polar surface area (TPSA) is 72.7 Å². The molecule has 23 heavy (non-hydrogen) atoms. The van der Waals surface area contributed by atoms with E-state index in [1.807, 2.05) is 30.3 Å². The van der Waals surface area contributed by atoms with Crippen molar-refractivity contribution in [3.8, 4) is 0 Å². The SMILES string of the molecule is C=CCON(C(=O)Cc1ccccc1)c1ccc([N+](=O)[O-])cc1. The number of anilines is 1. The zero-order chi connectivity index (χ0) is 16.7. The van der Waals surface area contributed by atoms with E-state index in [-0.39, 0.29) is 24.6 Å². The molecule has 0 aliphatic carbocycles. The van der Waals surface area contributed by atoms with Crippen LogP contribution < -0.4 is 5.06 Å². The van der Waals surface area contributed by atoms with E-state index in [1.54, 1.807) is 0 Å². The Kier molecular flexibility index (Phi) is 5.60. The molecule has 1 amide bonds. The lowest BCUT2D eigenvalue weighted by Crippen LogP contribution is -2.32. The number of nitro benzene ring substituents is 1. The highest BCUT2D eigenvalue weighted by molar-refractivity contribution is 5.92. The minimum atomic E-state index is -0.496. The zero-order valence-electron chi connectivity index (χ0n) is 12.4. The fraction of sp³-hybridized carbons (Fsp3) is 0.118. The Bertz CT molecular complexity index is 683. The van der Waals surface area contributed by atoms with Crippen molar-refractivity contribution in [2.45, 2.75) is 6.42 Å². The van der Waals surface area contributed by atoms with Crippen LogP contribution in [0.1, 0.15) is 5.56 Å². The fourth-order valence-corrected chi connectivity index (χ4v) is 1.97. The first-order valence-electron chi connectivity index (χ1n) is 6.97. The molecule has 0 aliphatic heterocycles. The Morgan fingerprint density at radius 2 is 1.83 bits per heavy atom. The van der Waals surface area contributed by atoms with Crippen molar-refractivity contribution in [2.24, 2.45) is 0 Å². The minimum absolute atomic E-state index is 0.0482. The summed E-state index contributed by atoms with van der Waals surface area (Å²) in [6.45, 7) is 3.70. The van der Waals surface area contributed by atoms with Gasteiger partial charge < -0.3 is 0 Å². The molecule has 0 aliphatic rings. The third-order valence-corrected chi connectivity index (χ3v) is 3.04. The van der Waals surface area contributed by atoms with E-state index < -0.39 is 4.92 Å². The van der Waals surface area contributed by atoms with E-state index in [1.165, 1.54) is 30.3 Å². The standard InChI is InChI=1S/C17H16N2O4/c1-2-12-23-18(15-8-10-16(11-9-15)19(21)22)17(20)13-14-6-4-3-5-7-14/h2-11H,1,12-13H2. The normalized spacial score (nSPS) is 10.1. The molecule has 0 saturated carbocycles. The van der Waals surface area contributed by atoms with Crippen LogP contribution in [0.5, 0.6) is 0 Å². The van der Waals surface area contributed by atoms with Gasteiger partial charge in [0.2, 0.25) is 0 Å². The second-order valence-corrected chi connectivity index (χ2v) is 4.71. The van der Waals surface area contributed by atoms with Crippen LogP contribution in [0, 0.1) is 10.1 Å². The lowest BCUT2D eigenvalue weighted by atomic mass is 10.1. The maximum absolute atomic E-state index is 12.5. The molecular formula is C17H16N2O4. The van der Waals surface area contributed by atoms with Gasteiger partial charge in [0.15, 0.2) is 0 Å². The van der Waals surface area contributed by atoms with Crippen molar-refractivity contribution in [1.29, 1.82) is 0 Å². The summed E-state index contributed by atoms with van der Waals surface area (Å²) in [7, 11) is 0. The van der Waals surface area contributed by atoms with Gasteiger partial charge in [0.05, 0.1) is 23.6 Å². The Morgan fingerprint density at radius 1 is 1.17 bits per heavy atom. The van der Waals surface area contributed by atoms with E-state index in [4.69, 9.17) is 4.84 Å². The van der Waals surface area contributed by atoms with Gasteiger partial charge in [-0.1, -0.05) is 36.4 Å². The molecule has 0 fully saturated rings. The zero-order valence-corrected chi connectivity index (χ0v) is 12.4. The average Bonchev–Trinajstić information content (AvgIpc) is 2.56. The van der Waals surface area contributed by atoms with Crippen LogP contribution in [0.2, 0.25) is 0 Å². The van der Waals surface area contributed by atoms with E-state index in [9.17, 15) is 14.9 Å². The van der Waals surface area contributed by atoms with Crippen LogP contribution in [-0.4, -0.2) is 17.4 Å².